The minimum Gasteiger partial charge on any atom is -0.392 e. The molecule has 1 nitrogen and oxygen atoms in total. The Hall–Kier alpha value is -0.300. The molecule has 1 fully saturated rings. The van der Waals surface area contributed by atoms with E-state index in [2.05, 4.69) is 13.8 Å². The zero-order valence-electron chi connectivity index (χ0n) is 7.56. The minimum absolute atomic E-state index is 0.214. The van der Waals surface area contributed by atoms with Crippen LogP contribution in [0.3, 0.4) is 0 Å². The molecule has 0 atom stereocenters. The van der Waals surface area contributed by atoms with E-state index in [0.717, 1.165) is 0 Å². The van der Waals surface area contributed by atoms with E-state index in [4.69, 9.17) is 5.11 Å². The van der Waals surface area contributed by atoms with Gasteiger partial charge in [-0.15, -0.1) is 0 Å². The first-order valence-corrected chi connectivity index (χ1v) is 4.43. The second-order valence-electron chi connectivity index (χ2n) is 4.24. The van der Waals surface area contributed by atoms with Gasteiger partial charge in [0.25, 0.3) is 0 Å². The Morgan fingerprint density at radius 1 is 1.55 bits per heavy atom. The Labute approximate surface area is 69.1 Å². The first-order valence-electron chi connectivity index (χ1n) is 4.43. The Morgan fingerprint density at radius 3 is 2.82 bits per heavy atom. The third-order valence-electron chi connectivity index (χ3n) is 2.44. The van der Waals surface area contributed by atoms with E-state index < -0.39 is 0 Å². The van der Waals surface area contributed by atoms with Gasteiger partial charge in [0, 0.05) is 0 Å². The fourth-order valence-electron chi connectivity index (χ4n) is 1.89. The van der Waals surface area contributed by atoms with Crippen LogP contribution in [0.25, 0.3) is 0 Å². The van der Waals surface area contributed by atoms with Crippen molar-refractivity contribution in [2.75, 3.05) is 6.61 Å². The Kier molecular flexibility index (Phi) is 2.72. The third-order valence-corrected chi connectivity index (χ3v) is 2.44. The molecule has 0 amide bonds. The summed E-state index contributed by atoms with van der Waals surface area (Å²) in [7, 11) is 0. The van der Waals surface area contributed by atoms with Crippen LogP contribution < -0.4 is 0 Å². The third kappa shape index (κ3) is 2.66. The smallest absolute Gasteiger partial charge is 0.0615 e. The summed E-state index contributed by atoms with van der Waals surface area (Å²) >= 11 is 0. The summed E-state index contributed by atoms with van der Waals surface area (Å²) in [6.07, 6.45) is 6.97. The molecule has 0 aliphatic heterocycles. The zero-order chi connectivity index (χ0) is 8.32. The lowest BCUT2D eigenvalue weighted by molar-refractivity contribution is 0.284. The van der Waals surface area contributed by atoms with Gasteiger partial charge < -0.3 is 5.11 Å². The van der Waals surface area contributed by atoms with E-state index in [-0.39, 0.29) is 6.61 Å². The molecule has 0 bridgehead atoms. The average Bonchev–Trinajstić information content (AvgIpc) is 1.85. The van der Waals surface area contributed by atoms with Crippen molar-refractivity contribution in [2.45, 2.75) is 39.5 Å². The van der Waals surface area contributed by atoms with Crippen LogP contribution in [0.1, 0.15) is 39.5 Å². The van der Waals surface area contributed by atoms with Gasteiger partial charge in [0.2, 0.25) is 0 Å². The minimum atomic E-state index is 0.214. The molecule has 1 heteroatoms. The van der Waals surface area contributed by atoms with Gasteiger partial charge in [-0.3, -0.25) is 0 Å². The summed E-state index contributed by atoms with van der Waals surface area (Å²) in [4.78, 5) is 0. The molecular formula is C10H18O. The molecule has 1 N–H and O–H groups in total. The monoisotopic (exact) mass is 154 g/mol. The van der Waals surface area contributed by atoms with Crippen molar-refractivity contribution in [3.8, 4) is 0 Å². The predicted octanol–water partition coefficient (Wildman–Crippen LogP) is 2.51. The molecule has 0 aromatic carbocycles. The number of hydrogen-bond donors (Lipinski definition) is 1. The van der Waals surface area contributed by atoms with Crippen molar-refractivity contribution < 1.29 is 5.11 Å². The van der Waals surface area contributed by atoms with Crippen LogP contribution in [-0.2, 0) is 0 Å². The highest BCUT2D eigenvalue weighted by Crippen LogP contribution is 2.37. The van der Waals surface area contributed by atoms with Gasteiger partial charge >= 0.3 is 0 Å². The van der Waals surface area contributed by atoms with Crippen molar-refractivity contribution in [3.05, 3.63) is 11.6 Å². The lowest BCUT2D eigenvalue weighted by atomic mass is 9.75. The summed E-state index contributed by atoms with van der Waals surface area (Å²) in [5, 5.41) is 8.71. The molecule has 0 spiro atoms. The maximum atomic E-state index is 8.71. The summed E-state index contributed by atoms with van der Waals surface area (Å²) in [5.74, 6) is 0. The topological polar surface area (TPSA) is 20.2 Å². The number of allylic oxidation sites excluding steroid dienone is 1. The van der Waals surface area contributed by atoms with Crippen LogP contribution in [0.5, 0.6) is 0 Å². The first kappa shape index (κ1) is 8.79. The lowest BCUT2D eigenvalue weighted by Gasteiger charge is -2.31. The molecule has 64 valence electrons. The van der Waals surface area contributed by atoms with Gasteiger partial charge in [-0.25, -0.2) is 0 Å². The fourth-order valence-corrected chi connectivity index (χ4v) is 1.89. The van der Waals surface area contributed by atoms with Gasteiger partial charge in [0.15, 0.2) is 0 Å². The van der Waals surface area contributed by atoms with Crippen molar-refractivity contribution in [1.82, 2.24) is 0 Å². The van der Waals surface area contributed by atoms with Crippen LogP contribution in [0.4, 0.5) is 0 Å². The molecule has 1 aliphatic rings. The molecule has 0 aromatic heterocycles. The second kappa shape index (κ2) is 3.40. The fraction of sp³-hybridized carbons (Fsp3) is 0.800. The zero-order valence-corrected chi connectivity index (χ0v) is 7.56. The highest BCUT2D eigenvalue weighted by atomic mass is 16.2. The van der Waals surface area contributed by atoms with E-state index in [1.807, 2.05) is 6.08 Å². The van der Waals surface area contributed by atoms with Gasteiger partial charge in [0.1, 0.15) is 0 Å². The predicted molar refractivity (Wildman–Crippen MR) is 47.4 cm³/mol. The number of aliphatic hydroxyl groups is 1. The van der Waals surface area contributed by atoms with E-state index in [9.17, 15) is 0 Å². The molecule has 1 rings (SSSR count). The van der Waals surface area contributed by atoms with E-state index in [0.29, 0.717) is 5.41 Å². The lowest BCUT2D eigenvalue weighted by Crippen LogP contribution is -2.17. The van der Waals surface area contributed by atoms with E-state index >= 15 is 0 Å². The molecule has 0 radical (unpaired) electrons. The SMILES string of the molecule is CC1(C)CCC/C(=C\CO)C1. The van der Waals surface area contributed by atoms with Gasteiger partial charge in [-0.1, -0.05) is 25.5 Å². The Bertz CT molecular complexity index is 156. The molecule has 0 saturated heterocycles. The van der Waals surface area contributed by atoms with Crippen LogP contribution in [-0.4, -0.2) is 11.7 Å². The summed E-state index contributed by atoms with van der Waals surface area (Å²) in [5.41, 5.74) is 1.92. The quantitative estimate of drug-likeness (QED) is 0.575. The van der Waals surface area contributed by atoms with Crippen molar-refractivity contribution in [2.24, 2.45) is 5.41 Å². The van der Waals surface area contributed by atoms with E-state index in [1.54, 1.807) is 0 Å². The van der Waals surface area contributed by atoms with Gasteiger partial charge in [0.05, 0.1) is 6.61 Å². The first-order chi connectivity index (χ1) is 5.14. The summed E-state index contributed by atoms with van der Waals surface area (Å²) in [6, 6.07) is 0. The Morgan fingerprint density at radius 2 is 2.27 bits per heavy atom. The summed E-state index contributed by atoms with van der Waals surface area (Å²) < 4.78 is 0. The van der Waals surface area contributed by atoms with Gasteiger partial charge in [-0.05, 0) is 31.1 Å². The standard InChI is InChI=1S/C10H18O/c1-10(2)6-3-4-9(8-10)5-7-11/h5,11H,3-4,6-8H2,1-2H3/b9-5+. The summed E-state index contributed by atoms with van der Waals surface area (Å²) in [6.45, 7) is 4.82. The van der Waals surface area contributed by atoms with Gasteiger partial charge in [-0.2, -0.15) is 0 Å². The van der Waals surface area contributed by atoms with Crippen LogP contribution in [0.15, 0.2) is 11.6 Å². The van der Waals surface area contributed by atoms with Crippen LogP contribution >= 0.6 is 0 Å². The molecule has 0 unspecified atom stereocenters. The van der Waals surface area contributed by atoms with Crippen LogP contribution in [0.2, 0.25) is 0 Å². The van der Waals surface area contributed by atoms with Crippen molar-refractivity contribution in [1.29, 1.82) is 0 Å². The van der Waals surface area contributed by atoms with Crippen LogP contribution in [0, 0.1) is 5.41 Å². The molecule has 1 saturated carbocycles. The highest BCUT2D eigenvalue weighted by Gasteiger charge is 2.23. The largest absolute Gasteiger partial charge is 0.392 e. The number of hydrogen-bond acceptors (Lipinski definition) is 1. The molecule has 11 heavy (non-hydrogen) atoms. The second-order valence-corrected chi connectivity index (χ2v) is 4.24. The van der Waals surface area contributed by atoms with Crippen molar-refractivity contribution in [3.63, 3.8) is 0 Å². The maximum absolute atomic E-state index is 8.71. The Balaban J connectivity index is 2.53. The molecular weight excluding hydrogens is 136 g/mol. The van der Waals surface area contributed by atoms with E-state index in [1.165, 1.54) is 31.3 Å². The normalized spacial score (nSPS) is 27.4. The molecule has 0 aromatic rings. The molecule has 0 heterocycles. The van der Waals surface area contributed by atoms with Crippen molar-refractivity contribution >= 4 is 0 Å². The average molecular weight is 154 g/mol. The number of aliphatic hydroxyl groups excluding tert-OH is 1. The highest BCUT2D eigenvalue weighted by molar-refractivity contribution is 5.07. The molecule has 1 aliphatic carbocycles. The maximum Gasteiger partial charge on any atom is 0.0615 e. The number of rotatable bonds is 1.